The summed E-state index contributed by atoms with van der Waals surface area (Å²) in [5.74, 6) is 0. The molecular weight excluding hydrogens is 637 g/mol. The molecule has 4 heteroatoms. The van der Waals surface area contributed by atoms with Crippen molar-refractivity contribution in [3.8, 4) is 22.5 Å². The smallest absolute Gasteiger partial charge is 0.143 e. The molecule has 0 aliphatic carbocycles. The van der Waals surface area contributed by atoms with Crippen molar-refractivity contribution in [1.29, 1.82) is 0 Å². The van der Waals surface area contributed by atoms with E-state index < -0.39 is 0 Å². The largest absolute Gasteiger partial charge is 0.455 e. The quantitative estimate of drug-likeness (QED) is 0.188. The molecule has 4 nitrogen and oxygen atoms in total. The van der Waals surface area contributed by atoms with Crippen molar-refractivity contribution in [2.24, 2.45) is 0 Å². The van der Waals surface area contributed by atoms with Crippen molar-refractivity contribution in [3.05, 3.63) is 170 Å². The molecule has 4 heterocycles. The lowest BCUT2D eigenvalue weighted by molar-refractivity contribution is 0.665. The van der Waals surface area contributed by atoms with Crippen LogP contribution in [0.1, 0.15) is 0 Å². The van der Waals surface area contributed by atoms with Crippen molar-refractivity contribution in [2.75, 3.05) is 0 Å². The summed E-state index contributed by atoms with van der Waals surface area (Å²) in [6, 6.07) is 60.5. The van der Waals surface area contributed by atoms with Crippen molar-refractivity contribution in [3.63, 3.8) is 0 Å². The Bertz CT molecular complexity index is 3410. The molecule has 0 N–H and O–H groups in total. The van der Waals surface area contributed by atoms with E-state index in [4.69, 9.17) is 8.83 Å². The number of nitrogens with zero attached hydrogens (tertiary/aromatic N) is 2. The third-order valence-electron chi connectivity index (χ3n) is 10.9. The summed E-state index contributed by atoms with van der Waals surface area (Å²) in [7, 11) is 0. The minimum absolute atomic E-state index is 0.858. The minimum Gasteiger partial charge on any atom is -0.455 e. The van der Waals surface area contributed by atoms with Gasteiger partial charge in [0, 0.05) is 65.6 Å². The molecule has 0 aliphatic heterocycles. The number of rotatable bonds is 3. The molecule has 12 aromatic rings. The van der Waals surface area contributed by atoms with Gasteiger partial charge in [-0.2, -0.15) is 0 Å². The van der Waals surface area contributed by atoms with Crippen LogP contribution in [0.25, 0.3) is 110 Å². The van der Waals surface area contributed by atoms with Crippen LogP contribution >= 0.6 is 0 Å². The molecule has 242 valence electrons. The second kappa shape index (κ2) is 10.3. The summed E-state index contributed by atoms with van der Waals surface area (Å²) in [6.45, 7) is 0. The zero-order valence-corrected chi connectivity index (χ0v) is 27.9. The fraction of sp³-hybridized carbons (Fsp3) is 0. The maximum absolute atomic E-state index is 6.71. The highest BCUT2D eigenvalue weighted by Gasteiger charge is 2.21. The summed E-state index contributed by atoms with van der Waals surface area (Å²) in [4.78, 5) is 0. The van der Waals surface area contributed by atoms with Gasteiger partial charge in [-0.05, 0) is 60.7 Å². The van der Waals surface area contributed by atoms with Gasteiger partial charge in [0.25, 0.3) is 0 Å². The van der Waals surface area contributed by atoms with Gasteiger partial charge in [-0.25, -0.2) is 0 Å². The second-order valence-electron chi connectivity index (χ2n) is 13.7. The van der Waals surface area contributed by atoms with Crippen LogP contribution in [0.15, 0.2) is 179 Å². The van der Waals surface area contributed by atoms with E-state index in [9.17, 15) is 0 Å². The lowest BCUT2D eigenvalue weighted by Crippen LogP contribution is -1.94. The molecule has 8 aromatic carbocycles. The van der Waals surface area contributed by atoms with E-state index in [1.807, 2.05) is 12.1 Å². The first kappa shape index (κ1) is 27.7. The van der Waals surface area contributed by atoms with Crippen LogP contribution in [0.3, 0.4) is 0 Å². The molecule has 52 heavy (non-hydrogen) atoms. The third-order valence-corrected chi connectivity index (χ3v) is 10.9. The predicted molar refractivity (Wildman–Crippen MR) is 215 cm³/mol. The second-order valence-corrected chi connectivity index (χ2v) is 13.7. The minimum atomic E-state index is 0.858. The molecule has 0 aliphatic rings. The maximum Gasteiger partial charge on any atom is 0.143 e. The van der Waals surface area contributed by atoms with Gasteiger partial charge in [-0.1, -0.05) is 109 Å². The molecule has 0 spiro atoms. The monoisotopic (exact) mass is 664 g/mol. The van der Waals surface area contributed by atoms with Crippen LogP contribution in [-0.2, 0) is 0 Å². The normalized spacial score (nSPS) is 12.2. The fourth-order valence-corrected chi connectivity index (χ4v) is 8.66. The highest BCUT2D eigenvalue weighted by Crippen LogP contribution is 2.43. The molecule has 4 aromatic heterocycles. The van der Waals surface area contributed by atoms with Crippen LogP contribution in [-0.4, -0.2) is 9.13 Å². The van der Waals surface area contributed by atoms with Crippen molar-refractivity contribution < 1.29 is 8.83 Å². The Morgan fingerprint density at radius 2 is 0.788 bits per heavy atom. The van der Waals surface area contributed by atoms with E-state index in [-0.39, 0.29) is 0 Å². The van der Waals surface area contributed by atoms with Gasteiger partial charge < -0.3 is 18.0 Å². The standard InChI is InChI=1S/C48H28N2O2/c1-2-12-29(13-3-1)49-41-21-7-4-14-31(41)38-28-44-39(27-43(38)49)32-15-5-8-22-42(32)50(44)30-24-25-46-40(26-30)37-20-11-19-36(48(37)52-46)35-18-10-17-34-33-16-6-9-23-45(33)51-47(34)35/h1-28H. The highest BCUT2D eigenvalue weighted by atomic mass is 16.3. The lowest BCUT2D eigenvalue weighted by Gasteiger charge is -2.09. The molecule has 12 rings (SSSR count). The number of fused-ring (bicyclic) bond motifs is 12. The van der Waals surface area contributed by atoms with Gasteiger partial charge in [0.15, 0.2) is 0 Å². The fourth-order valence-electron chi connectivity index (χ4n) is 8.66. The molecule has 0 saturated heterocycles. The third kappa shape index (κ3) is 3.70. The van der Waals surface area contributed by atoms with Crippen LogP contribution in [0.5, 0.6) is 0 Å². The zero-order chi connectivity index (χ0) is 33.9. The molecule has 0 amide bonds. The van der Waals surface area contributed by atoms with E-state index in [0.717, 1.165) is 66.4 Å². The number of furan rings is 2. The zero-order valence-electron chi connectivity index (χ0n) is 27.9. The SMILES string of the molecule is c1ccc(-n2c3ccccc3c3cc4c(cc32)c2ccccc2n4-c2ccc3oc4c(-c5cccc6c5oc5ccccc56)cccc4c3c2)cc1. The van der Waals surface area contributed by atoms with E-state index >= 15 is 0 Å². The lowest BCUT2D eigenvalue weighted by atomic mass is 10.00. The maximum atomic E-state index is 6.71. The van der Waals surface area contributed by atoms with Gasteiger partial charge in [0.2, 0.25) is 0 Å². The Kier molecular flexibility index (Phi) is 5.47. The van der Waals surface area contributed by atoms with Gasteiger partial charge in [0.1, 0.15) is 22.3 Å². The molecule has 0 unspecified atom stereocenters. The molecule has 0 saturated carbocycles. The Balaban J connectivity index is 1.11. The average Bonchev–Trinajstić information content (AvgIpc) is 3.95. The van der Waals surface area contributed by atoms with Gasteiger partial charge in [-0.15, -0.1) is 0 Å². The first-order valence-corrected chi connectivity index (χ1v) is 17.7. The Morgan fingerprint density at radius 3 is 1.44 bits per heavy atom. The average molecular weight is 665 g/mol. The first-order valence-electron chi connectivity index (χ1n) is 17.7. The number of para-hydroxylation sites is 6. The molecule has 0 bridgehead atoms. The summed E-state index contributed by atoms with van der Waals surface area (Å²) in [6.07, 6.45) is 0. The topological polar surface area (TPSA) is 36.1 Å². The summed E-state index contributed by atoms with van der Waals surface area (Å²) < 4.78 is 18.0. The molecular formula is C48H28N2O2. The van der Waals surface area contributed by atoms with Crippen LogP contribution in [0.2, 0.25) is 0 Å². The number of aromatic nitrogens is 2. The van der Waals surface area contributed by atoms with Crippen LogP contribution in [0, 0.1) is 0 Å². The van der Waals surface area contributed by atoms with Crippen molar-refractivity contribution in [2.45, 2.75) is 0 Å². The van der Waals surface area contributed by atoms with E-state index in [2.05, 4.69) is 167 Å². The summed E-state index contributed by atoms with van der Waals surface area (Å²) in [5, 5.41) is 9.31. The van der Waals surface area contributed by atoms with E-state index in [1.54, 1.807) is 0 Å². The van der Waals surface area contributed by atoms with Gasteiger partial charge in [0.05, 0.1) is 22.1 Å². The summed E-state index contributed by atoms with van der Waals surface area (Å²) >= 11 is 0. The van der Waals surface area contributed by atoms with Crippen molar-refractivity contribution in [1.82, 2.24) is 9.13 Å². The first-order chi connectivity index (χ1) is 25.8. The number of hydrogen-bond donors (Lipinski definition) is 0. The van der Waals surface area contributed by atoms with Crippen LogP contribution < -0.4 is 0 Å². The summed E-state index contributed by atoms with van der Waals surface area (Å²) in [5.41, 5.74) is 12.5. The van der Waals surface area contributed by atoms with Crippen molar-refractivity contribution >= 4 is 87.5 Å². The van der Waals surface area contributed by atoms with Gasteiger partial charge >= 0.3 is 0 Å². The predicted octanol–water partition coefficient (Wildman–Crippen LogP) is 13.3. The van der Waals surface area contributed by atoms with E-state index in [1.165, 1.54) is 43.6 Å². The Hall–Kier alpha value is -7.04. The Morgan fingerprint density at radius 1 is 0.288 bits per heavy atom. The number of benzene rings is 8. The van der Waals surface area contributed by atoms with Crippen LogP contribution in [0.4, 0.5) is 0 Å². The molecule has 0 atom stereocenters. The number of hydrogen-bond acceptors (Lipinski definition) is 2. The highest BCUT2D eigenvalue weighted by molar-refractivity contribution is 6.20. The molecule has 0 fully saturated rings. The van der Waals surface area contributed by atoms with Gasteiger partial charge in [-0.3, -0.25) is 0 Å². The Labute approximate surface area is 296 Å². The molecule has 0 radical (unpaired) electrons. The van der Waals surface area contributed by atoms with E-state index in [0.29, 0.717) is 0 Å².